The van der Waals surface area contributed by atoms with Gasteiger partial charge in [-0.15, -0.1) is 0 Å². The topological polar surface area (TPSA) is 75.2 Å². The second-order valence-electron chi connectivity index (χ2n) is 5.66. The van der Waals surface area contributed by atoms with Crippen molar-refractivity contribution in [3.63, 3.8) is 0 Å². The molecule has 0 bridgehead atoms. The molecule has 1 N–H and O–H groups in total. The van der Waals surface area contributed by atoms with Crippen molar-refractivity contribution in [2.45, 2.75) is 38.3 Å². The fourth-order valence-electron chi connectivity index (χ4n) is 1.97. The standard InChI is InChI=1S/C16H22N4O2S/c1-12(2)20(4)23(21,22)15-7-5-14(6-8-15)10-17-16-9-13(3)18-11-19-16/h5-9,11-12H,10H2,1-4H3,(H,17,18,19). The van der Waals surface area contributed by atoms with Crippen molar-refractivity contribution >= 4 is 15.8 Å². The summed E-state index contributed by atoms with van der Waals surface area (Å²) in [5, 5.41) is 3.19. The van der Waals surface area contributed by atoms with E-state index in [1.54, 1.807) is 19.2 Å². The maximum Gasteiger partial charge on any atom is 0.243 e. The van der Waals surface area contributed by atoms with E-state index in [-0.39, 0.29) is 6.04 Å². The minimum Gasteiger partial charge on any atom is -0.366 e. The van der Waals surface area contributed by atoms with E-state index in [9.17, 15) is 8.42 Å². The molecule has 1 heterocycles. The van der Waals surface area contributed by atoms with Crippen molar-refractivity contribution in [3.05, 3.63) is 47.9 Å². The second kappa shape index (κ2) is 7.06. The van der Waals surface area contributed by atoms with Gasteiger partial charge in [-0.25, -0.2) is 18.4 Å². The van der Waals surface area contributed by atoms with Crippen LogP contribution in [-0.2, 0) is 16.6 Å². The van der Waals surface area contributed by atoms with Gasteiger partial charge in [-0.3, -0.25) is 0 Å². The number of aryl methyl sites for hydroxylation is 1. The Balaban J connectivity index is 2.08. The highest BCUT2D eigenvalue weighted by Crippen LogP contribution is 2.17. The molecule has 6 nitrogen and oxygen atoms in total. The normalized spacial score (nSPS) is 11.9. The van der Waals surface area contributed by atoms with Gasteiger partial charge < -0.3 is 5.32 Å². The highest BCUT2D eigenvalue weighted by atomic mass is 32.2. The van der Waals surface area contributed by atoms with Crippen LogP contribution in [0.5, 0.6) is 0 Å². The Labute approximate surface area is 137 Å². The molecule has 1 aromatic carbocycles. The van der Waals surface area contributed by atoms with E-state index < -0.39 is 10.0 Å². The van der Waals surface area contributed by atoms with Crippen molar-refractivity contribution in [1.29, 1.82) is 0 Å². The number of sulfonamides is 1. The van der Waals surface area contributed by atoms with Gasteiger partial charge in [0.2, 0.25) is 10.0 Å². The van der Waals surface area contributed by atoms with Gasteiger partial charge in [0.05, 0.1) is 4.90 Å². The minimum absolute atomic E-state index is 0.0812. The molecule has 0 unspecified atom stereocenters. The molecule has 7 heteroatoms. The number of hydrogen-bond donors (Lipinski definition) is 1. The molecule has 0 aliphatic carbocycles. The summed E-state index contributed by atoms with van der Waals surface area (Å²) >= 11 is 0. The van der Waals surface area contributed by atoms with Gasteiger partial charge >= 0.3 is 0 Å². The van der Waals surface area contributed by atoms with Crippen LogP contribution < -0.4 is 5.32 Å². The zero-order valence-electron chi connectivity index (χ0n) is 13.8. The third-order valence-corrected chi connectivity index (χ3v) is 5.65. The quantitative estimate of drug-likeness (QED) is 0.878. The van der Waals surface area contributed by atoms with Gasteiger partial charge in [-0.05, 0) is 38.5 Å². The Kier molecular flexibility index (Phi) is 5.33. The molecule has 0 saturated heterocycles. The van der Waals surface area contributed by atoms with Crippen molar-refractivity contribution < 1.29 is 8.42 Å². The average molecular weight is 334 g/mol. The molecule has 0 atom stereocenters. The number of hydrogen-bond acceptors (Lipinski definition) is 5. The third kappa shape index (κ3) is 4.27. The van der Waals surface area contributed by atoms with Crippen molar-refractivity contribution in [3.8, 4) is 0 Å². The first-order chi connectivity index (χ1) is 10.8. The predicted octanol–water partition coefficient (Wildman–Crippen LogP) is 2.43. The molecule has 23 heavy (non-hydrogen) atoms. The lowest BCUT2D eigenvalue weighted by molar-refractivity contribution is 0.410. The van der Waals surface area contributed by atoms with Gasteiger partial charge in [0.1, 0.15) is 12.1 Å². The van der Waals surface area contributed by atoms with Crippen molar-refractivity contribution in [2.75, 3.05) is 12.4 Å². The van der Waals surface area contributed by atoms with Crippen LogP contribution in [0.3, 0.4) is 0 Å². The van der Waals surface area contributed by atoms with Gasteiger partial charge in [0, 0.05) is 31.4 Å². The molecular weight excluding hydrogens is 312 g/mol. The molecule has 2 aromatic rings. The van der Waals surface area contributed by atoms with Crippen LogP contribution in [-0.4, -0.2) is 35.8 Å². The average Bonchev–Trinajstić information content (AvgIpc) is 2.52. The Morgan fingerprint density at radius 3 is 2.39 bits per heavy atom. The Morgan fingerprint density at radius 1 is 1.17 bits per heavy atom. The summed E-state index contributed by atoms with van der Waals surface area (Å²) in [6.45, 7) is 6.16. The van der Waals surface area contributed by atoms with Gasteiger partial charge in [0.25, 0.3) is 0 Å². The lowest BCUT2D eigenvalue weighted by atomic mass is 10.2. The van der Waals surface area contributed by atoms with E-state index >= 15 is 0 Å². The maximum absolute atomic E-state index is 12.4. The van der Waals surface area contributed by atoms with Crippen LogP contribution in [0.4, 0.5) is 5.82 Å². The van der Waals surface area contributed by atoms with Crippen LogP contribution in [0.25, 0.3) is 0 Å². The Morgan fingerprint density at radius 2 is 1.83 bits per heavy atom. The molecule has 0 fully saturated rings. The summed E-state index contributed by atoms with van der Waals surface area (Å²) in [5.41, 5.74) is 1.87. The Hall–Kier alpha value is -1.99. The van der Waals surface area contributed by atoms with Gasteiger partial charge in [-0.1, -0.05) is 12.1 Å². The number of rotatable bonds is 6. The van der Waals surface area contributed by atoms with Crippen LogP contribution in [0.2, 0.25) is 0 Å². The maximum atomic E-state index is 12.4. The summed E-state index contributed by atoms with van der Waals surface area (Å²) < 4.78 is 26.2. The second-order valence-corrected chi connectivity index (χ2v) is 7.65. The highest BCUT2D eigenvalue weighted by Gasteiger charge is 2.22. The summed E-state index contributed by atoms with van der Waals surface area (Å²) in [4.78, 5) is 8.47. The summed E-state index contributed by atoms with van der Waals surface area (Å²) in [6, 6.07) is 8.66. The largest absolute Gasteiger partial charge is 0.366 e. The van der Waals surface area contributed by atoms with E-state index in [4.69, 9.17) is 0 Å². The van der Waals surface area contributed by atoms with E-state index in [0.717, 1.165) is 17.1 Å². The number of aromatic nitrogens is 2. The SMILES string of the molecule is Cc1cc(NCc2ccc(S(=O)(=O)N(C)C(C)C)cc2)ncn1. The van der Waals surface area contributed by atoms with Crippen LogP contribution in [0.15, 0.2) is 41.6 Å². The fraction of sp³-hybridized carbons (Fsp3) is 0.375. The van der Waals surface area contributed by atoms with Gasteiger partial charge in [-0.2, -0.15) is 4.31 Å². The third-order valence-electron chi connectivity index (χ3n) is 3.60. The monoisotopic (exact) mass is 334 g/mol. The number of nitrogens with one attached hydrogen (secondary N) is 1. The minimum atomic E-state index is -3.44. The van der Waals surface area contributed by atoms with Gasteiger partial charge in [0.15, 0.2) is 0 Å². The number of anilines is 1. The van der Waals surface area contributed by atoms with E-state index in [1.165, 1.54) is 10.6 Å². The molecule has 0 amide bonds. The summed E-state index contributed by atoms with van der Waals surface area (Å²) in [5.74, 6) is 0.744. The molecule has 0 saturated carbocycles. The molecule has 1 aromatic heterocycles. The molecule has 0 aliphatic rings. The van der Waals surface area contributed by atoms with Crippen molar-refractivity contribution in [1.82, 2.24) is 14.3 Å². The zero-order valence-corrected chi connectivity index (χ0v) is 14.6. The molecule has 2 rings (SSSR count). The summed E-state index contributed by atoms with van der Waals surface area (Å²) in [7, 11) is -1.85. The highest BCUT2D eigenvalue weighted by molar-refractivity contribution is 7.89. The van der Waals surface area contributed by atoms with Crippen LogP contribution >= 0.6 is 0 Å². The lowest BCUT2D eigenvalue weighted by Gasteiger charge is -2.21. The molecule has 0 aliphatic heterocycles. The first-order valence-corrected chi connectivity index (χ1v) is 8.84. The Bertz CT molecular complexity index is 758. The smallest absolute Gasteiger partial charge is 0.243 e. The first-order valence-electron chi connectivity index (χ1n) is 7.40. The zero-order chi connectivity index (χ0) is 17.0. The lowest BCUT2D eigenvalue weighted by Crippen LogP contribution is -2.33. The fourth-order valence-corrected chi connectivity index (χ4v) is 3.33. The molecule has 0 spiro atoms. The summed E-state index contributed by atoms with van der Waals surface area (Å²) in [6.07, 6.45) is 1.51. The number of benzene rings is 1. The van der Waals surface area contributed by atoms with E-state index in [0.29, 0.717) is 11.4 Å². The molecule has 124 valence electrons. The molecule has 0 radical (unpaired) electrons. The van der Waals surface area contributed by atoms with Crippen LogP contribution in [0, 0.1) is 6.92 Å². The predicted molar refractivity (Wildman–Crippen MR) is 90.6 cm³/mol. The van der Waals surface area contributed by atoms with E-state index in [2.05, 4.69) is 15.3 Å². The molecular formula is C16H22N4O2S. The van der Waals surface area contributed by atoms with Crippen molar-refractivity contribution in [2.24, 2.45) is 0 Å². The van der Waals surface area contributed by atoms with Crippen LogP contribution in [0.1, 0.15) is 25.1 Å². The van der Waals surface area contributed by atoms with E-state index in [1.807, 2.05) is 39.0 Å². The number of nitrogens with zero attached hydrogens (tertiary/aromatic N) is 3. The first kappa shape index (κ1) is 17.4.